The topological polar surface area (TPSA) is 20.2 Å². The standard InChI is InChI=1S/C17H26O/c1-17(2,3)16-10-9-15(18)12-14(16)11-13-7-5-4-6-8-13/h9-10,12-13,18H,4-8,11H2,1-3H3. The Kier molecular flexibility index (Phi) is 3.99. The highest BCUT2D eigenvalue weighted by molar-refractivity contribution is 5.39. The van der Waals surface area contributed by atoms with Crippen molar-refractivity contribution in [1.29, 1.82) is 0 Å². The molecule has 1 aliphatic carbocycles. The van der Waals surface area contributed by atoms with Crippen LogP contribution in [0, 0.1) is 5.92 Å². The summed E-state index contributed by atoms with van der Waals surface area (Å²) in [5, 5.41) is 9.73. The lowest BCUT2D eigenvalue weighted by molar-refractivity contribution is 0.354. The normalized spacial score (nSPS) is 17.9. The van der Waals surface area contributed by atoms with Gasteiger partial charge in [-0.3, -0.25) is 0 Å². The fourth-order valence-corrected chi connectivity index (χ4v) is 3.18. The Morgan fingerprint density at radius 3 is 2.39 bits per heavy atom. The molecular weight excluding hydrogens is 220 g/mol. The zero-order valence-electron chi connectivity index (χ0n) is 12.0. The van der Waals surface area contributed by atoms with Crippen molar-refractivity contribution < 1.29 is 5.11 Å². The molecule has 18 heavy (non-hydrogen) atoms. The third kappa shape index (κ3) is 3.28. The molecule has 0 atom stereocenters. The van der Waals surface area contributed by atoms with Crippen molar-refractivity contribution in [3.05, 3.63) is 29.3 Å². The van der Waals surface area contributed by atoms with Crippen LogP contribution in [-0.4, -0.2) is 5.11 Å². The summed E-state index contributed by atoms with van der Waals surface area (Å²) in [6.45, 7) is 6.76. The molecular formula is C17H26O. The summed E-state index contributed by atoms with van der Waals surface area (Å²) in [5.74, 6) is 1.23. The Morgan fingerprint density at radius 1 is 1.11 bits per heavy atom. The van der Waals surface area contributed by atoms with Gasteiger partial charge in [-0.2, -0.15) is 0 Å². The summed E-state index contributed by atoms with van der Waals surface area (Å²) in [6, 6.07) is 5.91. The molecule has 1 fully saturated rings. The molecule has 2 rings (SSSR count). The fourth-order valence-electron chi connectivity index (χ4n) is 3.18. The van der Waals surface area contributed by atoms with Gasteiger partial charge in [0.25, 0.3) is 0 Å². The largest absolute Gasteiger partial charge is 0.508 e. The lowest BCUT2D eigenvalue weighted by Crippen LogP contribution is -2.17. The van der Waals surface area contributed by atoms with Crippen molar-refractivity contribution in [2.45, 2.75) is 64.7 Å². The molecule has 0 aliphatic heterocycles. The van der Waals surface area contributed by atoms with Gasteiger partial charge in [0.1, 0.15) is 5.75 Å². The van der Waals surface area contributed by atoms with Gasteiger partial charge >= 0.3 is 0 Å². The molecule has 1 saturated carbocycles. The minimum atomic E-state index is 0.164. The van der Waals surface area contributed by atoms with Crippen molar-refractivity contribution >= 4 is 0 Å². The zero-order valence-corrected chi connectivity index (χ0v) is 12.0. The molecule has 0 amide bonds. The Labute approximate surface area is 111 Å². The quantitative estimate of drug-likeness (QED) is 0.793. The first-order chi connectivity index (χ1) is 8.47. The predicted octanol–water partition coefficient (Wildman–Crippen LogP) is 4.81. The van der Waals surface area contributed by atoms with Crippen LogP contribution >= 0.6 is 0 Å². The summed E-state index contributed by atoms with van der Waals surface area (Å²) in [6.07, 6.45) is 8.03. The number of hydrogen-bond donors (Lipinski definition) is 1. The van der Waals surface area contributed by atoms with E-state index in [2.05, 4.69) is 26.8 Å². The van der Waals surface area contributed by atoms with E-state index in [9.17, 15) is 5.11 Å². The second-order valence-electron chi connectivity index (χ2n) is 6.80. The lowest BCUT2D eigenvalue weighted by Gasteiger charge is -2.27. The van der Waals surface area contributed by atoms with Gasteiger partial charge in [-0.25, -0.2) is 0 Å². The van der Waals surface area contributed by atoms with Crippen molar-refractivity contribution in [1.82, 2.24) is 0 Å². The van der Waals surface area contributed by atoms with Gasteiger partial charge in [-0.1, -0.05) is 58.9 Å². The van der Waals surface area contributed by atoms with Crippen LogP contribution < -0.4 is 0 Å². The molecule has 100 valence electrons. The van der Waals surface area contributed by atoms with Crippen LogP contribution in [-0.2, 0) is 11.8 Å². The molecule has 1 aromatic rings. The summed E-state index contributed by atoms with van der Waals surface area (Å²) < 4.78 is 0. The maximum absolute atomic E-state index is 9.73. The molecule has 0 aromatic heterocycles. The van der Waals surface area contributed by atoms with E-state index in [0.717, 1.165) is 12.3 Å². The maximum atomic E-state index is 9.73. The number of hydrogen-bond acceptors (Lipinski definition) is 1. The van der Waals surface area contributed by atoms with Crippen LogP contribution in [0.15, 0.2) is 18.2 Å². The van der Waals surface area contributed by atoms with Crippen LogP contribution in [0.3, 0.4) is 0 Å². The van der Waals surface area contributed by atoms with Crippen LogP contribution in [0.2, 0.25) is 0 Å². The van der Waals surface area contributed by atoms with Crippen molar-refractivity contribution in [2.75, 3.05) is 0 Å². The molecule has 0 radical (unpaired) electrons. The Bertz CT molecular complexity index is 395. The average molecular weight is 246 g/mol. The van der Waals surface area contributed by atoms with Gasteiger partial charge in [-0.05, 0) is 41.0 Å². The number of rotatable bonds is 2. The van der Waals surface area contributed by atoms with E-state index < -0.39 is 0 Å². The van der Waals surface area contributed by atoms with Crippen LogP contribution in [0.25, 0.3) is 0 Å². The van der Waals surface area contributed by atoms with E-state index in [1.807, 2.05) is 12.1 Å². The Hall–Kier alpha value is -0.980. The number of aromatic hydroxyl groups is 1. The molecule has 1 heteroatoms. The van der Waals surface area contributed by atoms with Gasteiger partial charge in [0.2, 0.25) is 0 Å². The third-order valence-electron chi connectivity index (χ3n) is 4.13. The van der Waals surface area contributed by atoms with Gasteiger partial charge in [0.05, 0.1) is 0 Å². The highest BCUT2D eigenvalue weighted by Crippen LogP contribution is 2.33. The molecule has 1 nitrogen and oxygen atoms in total. The predicted molar refractivity (Wildman–Crippen MR) is 77.1 cm³/mol. The van der Waals surface area contributed by atoms with Gasteiger partial charge < -0.3 is 5.11 Å². The summed E-state index contributed by atoms with van der Waals surface area (Å²) in [7, 11) is 0. The molecule has 0 unspecified atom stereocenters. The first-order valence-corrected chi connectivity index (χ1v) is 7.29. The van der Waals surface area contributed by atoms with E-state index in [1.165, 1.54) is 43.2 Å². The van der Waals surface area contributed by atoms with Crippen LogP contribution in [0.1, 0.15) is 64.0 Å². The molecule has 1 aromatic carbocycles. The molecule has 0 saturated heterocycles. The highest BCUT2D eigenvalue weighted by Gasteiger charge is 2.21. The zero-order chi connectivity index (χ0) is 13.2. The van der Waals surface area contributed by atoms with E-state index in [1.54, 1.807) is 0 Å². The monoisotopic (exact) mass is 246 g/mol. The second kappa shape index (κ2) is 5.34. The van der Waals surface area contributed by atoms with Gasteiger partial charge in [0, 0.05) is 0 Å². The minimum Gasteiger partial charge on any atom is -0.508 e. The van der Waals surface area contributed by atoms with E-state index in [0.29, 0.717) is 5.75 Å². The molecule has 0 bridgehead atoms. The highest BCUT2D eigenvalue weighted by atomic mass is 16.3. The lowest BCUT2D eigenvalue weighted by atomic mass is 9.78. The summed E-state index contributed by atoms with van der Waals surface area (Å²) in [5.41, 5.74) is 2.91. The van der Waals surface area contributed by atoms with Crippen molar-refractivity contribution in [3.63, 3.8) is 0 Å². The SMILES string of the molecule is CC(C)(C)c1ccc(O)cc1CC1CCCCC1. The third-order valence-corrected chi connectivity index (χ3v) is 4.13. The molecule has 1 N–H and O–H groups in total. The van der Waals surface area contributed by atoms with E-state index >= 15 is 0 Å². The molecule has 1 aliphatic rings. The van der Waals surface area contributed by atoms with Crippen LogP contribution in [0.5, 0.6) is 5.75 Å². The van der Waals surface area contributed by atoms with E-state index in [-0.39, 0.29) is 5.41 Å². The molecule has 0 heterocycles. The first kappa shape index (κ1) is 13.5. The number of benzene rings is 1. The average Bonchev–Trinajstić information content (AvgIpc) is 2.28. The Morgan fingerprint density at radius 2 is 1.78 bits per heavy atom. The van der Waals surface area contributed by atoms with Crippen LogP contribution in [0.4, 0.5) is 0 Å². The fraction of sp³-hybridized carbons (Fsp3) is 0.647. The number of phenols is 1. The van der Waals surface area contributed by atoms with E-state index in [4.69, 9.17) is 0 Å². The Balaban J connectivity index is 2.21. The van der Waals surface area contributed by atoms with Gasteiger partial charge in [0.15, 0.2) is 0 Å². The summed E-state index contributed by atoms with van der Waals surface area (Å²) in [4.78, 5) is 0. The van der Waals surface area contributed by atoms with Gasteiger partial charge in [-0.15, -0.1) is 0 Å². The maximum Gasteiger partial charge on any atom is 0.115 e. The van der Waals surface area contributed by atoms with Crippen molar-refractivity contribution in [3.8, 4) is 5.75 Å². The smallest absolute Gasteiger partial charge is 0.115 e. The van der Waals surface area contributed by atoms with Crippen molar-refractivity contribution in [2.24, 2.45) is 5.92 Å². The minimum absolute atomic E-state index is 0.164. The first-order valence-electron chi connectivity index (χ1n) is 7.29. The summed E-state index contributed by atoms with van der Waals surface area (Å²) >= 11 is 0. The molecule has 0 spiro atoms. The number of phenolic OH excluding ortho intramolecular Hbond substituents is 1. The second-order valence-corrected chi connectivity index (χ2v) is 6.80.